The van der Waals surface area contributed by atoms with Crippen LogP contribution in [0.1, 0.15) is 59.7 Å². The van der Waals surface area contributed by atoms with Gasteiger partial charge in [0.1, 0.15) is 5.75 Å². The molecule has 30 heavy (non-hydrogen) atoms. The first kappa shape index (κ1) is 22.1. The summed E-state index contributed by atoms with van der Waals surface area (Å²) in [6.07, 6.45) is 2.57. The maximum atomic E-state index is 13.4. The first-order chi connectivity index (χ1) is 14.3. The van der Waals surface area contributed by atoms with Gasteiger partial charge in [-0.05, 0) is 62.4 Å². The molecule has 2 unspecified atom stereocenters. The smallest absolute Gasteiger partial charge is 0.338 e. The van der Waals surface area contributed by atoms with Crippen molar-refractivity contribution in [2.24, 2.45) is 5.92 Å². The van der Waals surface area contributed by atoms with E-state index in [1.54, 1.807) is 12.1 Å². The molecule has 164 valence electrons. The highest BCUT2D eigenvalue weighted by molar-refractivity contribution is 5.91. The Bertz CT molecular complexity index is 866. The second-order valence-corrected chi connectivity index (χ2v) is 7.66. The summed E-state index contributed by atoms with van der Waals surface area (Å²) >= 11 is 0. The van der Waals surface area contributed by atoms with Gasteiger partial charge in [-0.2, -0.15) is 13.8 Å². The second kappa shape index (κ2) is 9.51. The van der Waals surface area contributed by atoms with Gasteiger partial charge in [0.2, 0.25) is 0 Å². The van der Waals surface area contributed by atoms with Crippen molar-refractivity contribution in [3.05, 3.63) is 41.0 Å². The Labute approximate surface area is 174 Å². The van der Waals surface area contributed by atoms with Crippen LogP contribution < -0.4 is 10.1 Å². The molecule has 1 aromatic heterocycles. The van der Waals surface area contributed by atoms with Gasteiger partial charge in [0.25, 0.3) is 5.89 Å². The van der Waals surface area contributed by atoms with E-state index < -0.39 is 11.8 Å². The van der Waals surface area contributed by atoms with E-state index in [9.17, 15) is 13.6 Å². The lowest BCUT2D eigenvalue weighted by Crippen LogP contribution is -2.36. The molecule has 7 nitrogen and oxygen atoms in total. The number of aromatic nitrogens is 2. The van der Waals surface area contributed by atoms with Crippen LogP contribution in [0.4, 0.5) is 8.78 Å². The predicted molar refractivity (Wildman–Crippen MR) is 105 cm³/mol. The Morgan fingerprint density at radius 3 is 2.87 bits per heavy atom. The van der Waals surface area contributed by atoms with Crippen LogP contribution >= 0.6 is 0 Å². The summed E-state index contributed by atoms with van der Waals surface area (Å²) in [7, 11) is 1.35. The Balaban J connectivity index is 1.53. The van der Waals surface area contributed by atoms with Gasteiger partial charge in [0, 0.05) is 19.4 Å². The first-order valence-corrected chi connectivity index (χ1v) is 10.0. The highest BCUT2D eigenvalue weighted by Gasteiger charge is 2.35. The van der Waals surface area contributed by atoms with Gasteiger partial charge in [-0.15, -0.1) is 0 Å². The number of ether oxygens (including phenoxy) is 2. The molecular formula is C21H27F2N3O4. The summed E-state index contributed by atoms with van der Waals surface area (Å²) in [4.78, 5) is 15.6. The Hall–Kier alpha value is -2.55. The maximum Gasteiger partial charge on any atom is 0.338 e. The number of hydrogen-bond donors (Lipinski definition) is 1. The number of carbonyl (C=O) groups excluding carboxylic acids is 1. The Morgan fingerprint density at radius 1 is 1.40 bits per heavy atom. The number of esters is 1. The van der Waals surface area contributed by atoms with Crippen LogP contribution in [0.25, 0.3) is 0 Å². The zero-order valence-electron chi connectivity index (χ0n) is 17.4. The molecule has 1 aliphatic rings. The average Bonchev–Trinajstić information content (AvgIpc) is 3.22. The molecule has 1 saturated heterocycles. The van der Waals surface area contributed by atoms with E-state index in [0.717, 1.165) is 38.3 Å². The molecule has 2 heterocycles. The number of benzene rings is 1. The molecule has 3 rings (SSSR count). The topological polar surface area (TPSA) is 86.5 Å². The van der Waals surface area contributed by atoms with Crippen LogP contribution in [-0.4, -0.2) is 42.9 Å². The van der Waals surface area contributed by atoms with Crippen LogP contribution in [0, 0.1) is 12.8 Å². The summed E-state index contributed by atoms with van der Waals surface area (Å²) < 4.78 is 42.1. The van der Waals surface area contributed by atoms with Gasteiger partial charge in [-0.1, -0.05) is 5.16 Å². The summed E-state index contributed by atoms with van der Waals surface area (Å²) in [5.41, 5.74) is 1.30. The minimum Gasteiger partial charge on any atom is -0.494 e. The monoisotopic (exact) mass is 423 g/mol. The number of hydrogen-bond acceptors (Lipinski definition) is 7. The number of nitrogens with zero attached hydrogens (tertiary/aromatic N) is 2. The molecular weight excluding hydrogens is 396 g/mol. The molecule has 0 amide bonds. The molecule has 2 atom stereocenters. The quantitative estimate of drug-likeness (QED) is 0.510. The molecule has 0 bridgehead atoms. The number of carbonyl (C=O) groups is 1. The van der Waals surface area contributed by atoms with Crippen molar-refractivity contribution in [2.45, 2.75) is 45.0 Å². The number of alkyl halides is 2. The van der Waals surface area contributed by atoms with Crippen LogP contribution in [0.5, 0.6) is 5.75 Å². The standard InChI is InChI=1S/C21H27F2N3O4/c1-13-11-15(6-7-16(13)19(27)28-3)29-10-4-5-14-8-9-24-12-17(14)18-25-20(30-26-18)21(2,22)23/h6-7,11,14,17,24H,4-5,8-10,12H2,1-3H3. The molecule has 0 radical (unpaired) electrons. The number of aryl methyl sites for hydroxylation is 1. The molecule has 1 fully saturated rings. The van der Waals surface area contributed by atoms with E-state index in [-0.39, 0.29) is 17.8 Å². The van der Waals surface area contributed by atoms with Gasteiger partial charge in [-0.25, -0.2) is 4.79 Å². The van der Waals surface area contributed by atoms with Crippen LogP contribution in [0.2, 0.25) is 0 Å². The molecule has 1 N–H and O–H groups in total. The maximum absolute atomic E-state index is 13.4. The third-order valence-corrected chi connectivity index (χ3v) is 5.37. The number of rotatable bonds is 8. The fourth-order valence-electron chi connectivity index (χ4n) is 3.72. The minimum atomic E-state index is -3.14. The summed E-state index contributed by atoms with van der Waals surface area (Å²) in [5.74, 6) is -2.95. The first-order valence-electron chi connectivity index (χ1n) is 10.0. The minimum absolute atomic E-state index is 0.0693. The van der Waals surface area contributed by atoms with Crippen molar-refractivity contribution in [1.82, 2.24) is 15.5 Å². The van der Waals surface area contributed by atoms with E-state index in [2.05, 4.69) is 15.5 Å². The molecule has 0 spiro atoms. The van der Waals surface area contributed by atoms with Crippen molar-refractivity contribution >= 4 is 5.97 Å². The summed E-state index contributed by atoms with van der Waals surface area (Å²) in [6, 6.07) is 5.25. The average molecular weight is 423 g/mol. The Kier molecular flexibility index (Phi) is 7.02. The normalized spacial score (nSPS) is 19.5. The fraction of sp³-hybridized carbons (Fsp3) is 0.571. The molecule has 1 aromatic carbocycles. The number of nitrogens with one attached hydrogen (secondary N) is 1. The van der Waals surface area contributed by atoms with E-state index in [1.807, 2.05) is 13.0 Å². The Morgan fingerprint density at radius 2 is 2.20 bits per heavy atom. The van der Waals surface area contributed by atoms with Crippen LogP contribution in [0.15, 0.2) is 22.7 Å². The fourth-order valence-corrected chi connectivity index (χ4v) is 3.72. The number of methoxy groups -OCH3 is 1. The summed E-state index contributed by atoms with van der Waals surface area (Å²) in [5, 5.41) is 7.07. The highest BCUT2D eigenvalue weighted by Crippen LogP contribution is 2.33. The van der Waals surface area contributed by atoms with Crippen molar-refractivity contribution in [3.63, 3.8) is 0 Å². The van der Waals surface area contributed by atoms with Crippen molar-refractivity contribution < 1.29 is 27.6 Å². The van der Waals surface area contributed by atoms with Crippen molar-refractivity contribution in [1.29, 1.82) is 0 Å². The largest absolute Gasteiger partial charge is 0.494 e. The molecule has 0 aliphatic carbocycles. The zero-order chi connectivity index (χ0) is 21.7. The van der Waals surface area contributed by atoms with E-state index >= 15 is 0 Å². The van der Waals surface area contributed by atoms with E-state index in [1.165, 1.54) is 7.11 Å². The predicted octanol–water partition coefficient (Wildman–Crippen LogP) is 3.83. The van der Waals surface area contributed by atoms with Gasteiger partial charge in [0.15, 0.2) is 5.82 Å². The van der Waals surface area contributed by atoms with Crippen molar-refractivity contribution in [3.8, 4) is 5.75 Å². The van der Waals surface area contributed by atoms with Crippen LogP contribution in [-0.2, 0) is 10.7 Å². The van der Waals surface area contributed by atoms with E-state index in [0.29, 0.717) is 30.3 Å². The van der Waals surface area contributed by atoms with E-state index in [4.69, 9.17) is 14.0 Å². The SMILES string of the molecule is COC(=O)c1ccc(OCCCC2CCNCC2c2noc(C(C)(F)F)n2)cc1C. The number of halogens is 2. The van der Waals surface area contributed by atoms with Gasteiger partial charge in [-0.3, -0.25) is 0 Å². The second-order valence-electron chi connectivity index (χ2n) is 7.66. The molecule has 1 aliphatic heterocycles. The lowest BCUT2D eigenvalue weighted by atomic mass is 9.82. The zero-order valence-corrected chi connectivity index (χ0v) is 17.4. The lowest BCUT2D eigenvalue weighted by Gasteiger charge is -2.30. The molecule has 9 heteroatoms. The lowest BCUT2D eigenvalue weighted by molar-refractivity contribution is -0.0158. The van der Waals surface area contributed by atoms with Crippen molar-refractivity contribution in [2.75, 3.05) is 26.8 Å². The summed E-state index contributed by atoms with van der Waals surface area (Å²) in [6.45, 7) is 4.59. The van der Waals surface area contributed by atoms with Crippen LogP contribution in [0.3, 0.4) is 0 Å². The van der Waals surface area contributed by atoms with Gasteiger partial charge >= 0.3 is 11.9 Å². The third-order valence-electron chi connectivity index (χ3n) is 5.37. The molecule has 0 saturated carbocycles. The number of piperidine rings is 1. The molecule has 2 aromatic rings. The van der Waals surface area contributed by atoms with Gasteiger partial charge in [0.05, 0.1) is 19.3 Å². The highest BCUT2D eigenvalue weighted by atomic mass is 19.3. The third kappa shape index (κ3) is 5.33. The van der Waals surface area contributed by atoms with Gasteiger partial charge < -0.3 is 19.3 Å².